The third-order valence-corrected chi connectivity index (χ3v) is 4.72. The number of nitrogens with one attached hydrogen (secondary N) is 1. The first-order chi connectivity index (χ1) is 7.92. The van der Waals surface area contributed by atoms with Crippen molar-refractivity contribution in [1.29, 1.82) is 0 Å². The van der Waals surface area contributed by atoms with Crippen LogP contribution in [0.2, 0.25) is 0 Å². The third-order valence-electron chi connectivity index (χ3n) is 4.72. The molecule has 4 rings (SSSR count). The lowest BCUT2D eigenvalue weighted by Gasteiger charge is -2.23. The van der Waals surface area contributed by atoms with Gasteiger partial charge in [-0.15, -0.1) is 10.2 Å². The summed E-state index contributed by atoms with van der Waals surface area (Å²) in [7, 11) is 0. The van der Waals surface area contributed by atoms with Gasteiger partial charge in [-0.1, -0.05) is 6.42 Å². The SMILES string of the molecule is C1Cn2c(nnc2C2CC3CCC2C3)CN1. The molecule has 1 aliphatic heterocycles. The van der Waals surface area contributed by atoms with E-state index in [-0.39, 0.29) is 0 Å². The lowest BCUT2D eigenvalue weighted by atomic mass is 9.88. The maximum Gasteiger partial charge on any atom is 0.147 e. The molecule has 0 spiro atoms. The predicted octanol–water partition coefficient (Wildman–Crippen LogP) is 1.28. The standard InChI is InChI=1S/C12H18N4/c1-2-9-5-8(1)6-10(9)12-15-14-11-7-13-3-4-16(11)12/h8-10,13H,1-7H2. The number of hydrogen-bond donors (Lipinski definition) is 1. The third kappa shape index (κ3) is 1.19. The second-order valence-corrected chi connectivity index (χ2v) is 5.58. The summed E-state index contributed by atoms with van der Waals surface area (Å²) in [6, 6.07) is 0. The highest BCUT2D eigenvalue weighted by Crippen LogP contribution is 2.52. The van der Waals surface area contributed by atoms with Gasteiger partial charge in [-0.3, -0.25) is 0 Å². The fourth-order valence-electron chi connectivity index (χ4n) is 3.95. The minimum atomic E-state index is 0.720. The molecule has 3 unspecified atom stereocenters. The van der Waals surface area contributed by atoms with E-state index in [9.17, 15) is 0 Å². The number of hydrogen-bond acceptors (Lipinski definition) is 3. The van der Waals surface area contributed by atoms with Crippen LogP contribution in [-0.4, -0.2) is 21.3 Å². The van der Waals surface area contributed by atoms with Crippen LogP contribution in [0.5, 0.6) is 0 Å². The van der Waals surface area contributed by atoms with Crippen molar-refractivity contribution in [3.8, 4) is 0 Å². The molecule has 2 saturated carbocycles. The number of nitrogens with zero attached hydrogens (tertiary/aromatic N) is 3. The Morgan fingerprint density at radius 1 is 1.19 bits per heavy atom. The predicted molar refractivity (Wildman–Crippen MR) is 59.9 cm³/mol. The van der Waals surface area contributed by atoms with Gasteiger partial charge in [0.15, 0.2) is 0 Å². The molecule has 0 amide bonds. The summed E-state index contributed by atoms with van der Waals surface area (Å²) in [6.45, 7) is 3.03. The smallest absolute Gasteiger partial charge is 0.147 e. The van der Waals surface area contributed by atoms with Crippen molar-refractivity contribution >= 4 is 0 Å². The highest BCUT2D eigenvalue weighted by molar-refractivity contribution is 5.10. The zero-order valence-electron chi connectivity index (χ0n) is 9.52. The van der Waals surface area contributed by atoms with Gasteiger partial charge >= 0.3 is 0 Å². The Morgan fingerprint density at radius 2 is 2.19 bits per heavy atom. The van der Waals surface area contributed by atoms with E-state index in [1.165, 1.54) is 31.5 Å². The van der Waals surface area contributed by atoms with Gasteiger partial charge < -0.3 is 9.88 Å². The summed E-state index contributed by atoms with van der Waals surface area (Å²) in [5.74, 6) is 5.06. The van der Waals surface area contributed by atoms with E-state index in [2.05, 4.69) is 20.1 Å². The van der Waals surface area contributed by atoms with E-state index in [1.54, 1.807) is 0 Å². The largest absolute Gasteiger partial charge is 0.312 e. The summed E-state index contributed by atoms with van der Waals surface area (Å²) < 4.78 is 2.38. The molecule has 1 N–H and O–H groups in total. The van der Waals surface area contributed by atoms with Crippen LogP contribution in [0.1, 0.15) is 43.3 Å². The maximum absolute atomic E-state index is 4.47. The van der Waals surface area contributed by atoms with Gasteiger partial charge in [0.1, 0.15) is 11.6 Å². The molecule has 4 nitrogen and oxygen atoms in total. The molecule has 16 heavy (non-hydrogen) atoms. The first-order valence-electron chi connectivity index (χ1n) is 6.54. The maximum atomic E-state index is 4.47. The Balaban J connectivity index is 1.69. The molecule has 4 heteroatoms. The van der Waals surface area contributed by atoms with Crippen LogP contribution < -0.4 is 5.32 Å². The van der Waals surface area contributed by atoms with Gasteiger partial charge in [0, 0.05) is 19.0 Å². The monoisotopic (exact) mass is 218 g/mol. The van der Waals surface area contributed by atoms with Crippen LogP contribution in [0.15, 0.2) is 0 Å². The Labute approximate surface area is 95.4 Å². The molecule has 2 fully saturated rings. The van der Waals surface area contributed by atoms with Crippen LogP contribution in [0.25, 0.3) is 0 Å². The minimum Gasteiger partial charge on any atom is -0.312 e. The summed E-state index contributed by atoms with van der Waals surface area (Å²) in [5.41, 5.74) is 0. The van der Waals surface area contributed by atoms with E-state index < -0.39 is 0 Å². The zero-order valence-corrected chi connectivity index (χ0v) is 9.52. The average Bonchev–Trinajstić information content (AvgIpc) is 3.03. The summed E-state index contributed by atoms with van der Waals surface area (Å²) in [4.78, 5) is 0. The van der Waals surface area contributed by atoms with Gasteiger partial charge in [0.2, 0.25) is 0 Å². The average molecular weight is 218 g/mol. The van der Waals surface area contributed by atoms with Crippen LogP contribution in [0.3, 0.4) is 0 Å². The second kappa shape index (κ2) is 3.29. The van der Waals surface area contributed by atoms with Crippen molar-refractivity contribution in [3.63, 3.8) is 0 Å². The van der Waals surface area contributed by atoms with Gasteiger partial charge in [0.25, 0.3) is 0 Å². The first kappa shape index (κ1) is 9.16. The Kier molecular flexibility index (Phi) is 1.89. The molecular formula is C12H18N4. The first-order valence-corrected chi connectivity index (χ1v) is 6.54. The molecule has 3 atom stereocenters. The van der Waals surface area contributed by atoms with Crippen molar-refractivity contribution in [3.05, 3.63) is 11.6 Å². The van der Waals surface area contributed by atoms with E-state index >= 15 is 0 Å². The normalized spacial score (nSPS) is 36.6. The second-order valence-electron chi connectivity index (χ2n) is 5.58. The topological polar surface area (TPSA) is 42.7 Å². The van der Waals surface area contributed by atoms with Crippen LogP contribution in [0.4, 0.5) is 0 Å². The summed E-state index contributed by atoms with van der Waals surface area (Å²) >= 11 is 0. The minimum absolute atomic E-state index is 0.720. The Bertz CT molecular complexity index is 411. The molecule has 0 saturated heterocycles. The van der Waals surface area contributed by atoms with Crippen molar-refractivity contribution in [2.24, 2.45) is 11.8 Å². The van der Waals surface area contributed by atoms with Crippen molar-refractivity contribution < 1.29 is 0 Å². The number of aromatic nitrogens is 3. The molecular weight excluding hydrogens is 200 g/mol. The highest BCUT2D eigenvalue weighted by Gasteiger charge is 2.42. The number of rotatable bonds is 1. The van der Waals surface area contributed by atoms with E-state index in [4.69, 9.17) is 0 Å². The molecule has 0 aromatic carbocycles. The molecule has 3 aliphatic rings. The fraction of sp³-hybridized carbons (Fsp3) is 0.833. The van der Waals surface area contributed by atoms with Crippen LogP contribution >= 0.6 is 0 Å². The number of fused-ring (bicyclic) bond motifs is 3. The Morgan fingerprint density at radius 3 is 3.00 bits per heavy atom. The molecule has 0 radical (unpaired) electrons. The van der Waals surface area contributed by atoms with Crippen molar-refractivity contribution in [2.75, 3.05) is 6.54 Å². The van der Waals surface area contributed by atoms with Crippen LogP contribution in [-0.2, 0) is 13.1 Å². The van der Waals surface area contributed by atoms with E-state index in [0.29, 0.717) is 0 Å². The van der Waals surface area contributed by atoms with Gasteiger partial charge in [-0.2, -0.15) is 0 Å². The van der Waals surface area contributed by atoms with Crippen molar-refractivity contribution in [1.82, 2.24) is 20.1 Å². The molecule has 1 aromatic heterocycles. The lowest BCUT2D eigenvalue weighted by Crippen LogP contribution is -2.30. The molecule has 1 aromatic rings. The zero-order chi connectivity index (χ0) is 10.5. The van der Waals surface area contributed by atoms with E-state index in [0.717, 1.165) is 43.2 Å². The molecule has 2 heterocycles. The highest BCUT2D eigenvalue weighted by atomic mass is 15.3. The van der Waals surface area contributed by atoms with Gasteiger partial charge in [-0.25, -0.2) is 0 Å². The van der Waals surface area contributed by atoms with Crippen molar-refractivity contribution in [2.45, 2.75) is 44.7 Å². The molecule has 2 bridgehead atoms. The molecule has 2 aliphatic carbocycles. The Hall–Kier alpha value is -0.900. The summed E-state index contributed by atoms with van der Waals surface area (Å²) in [6.07, 6.45) is 5.71. The van der Waals surface area contributed by atoms with Gasteiger partial charge in [-0.05, 0) is 31.1 Å². The van der Waals surface area contributed by atoms with Gasteiger partial charge in [0.05, 0.1) is 6.54 Å². The van der Waals surface area contributed by atoms with Crippen LogP contribution in [0, 0.1) is 11.8 Å². The summed E-state index contributed by atoms with van der Waals surface area (Å²) in [5, 5.41) is 12.2. The molecule has 86 valence electrons. The lowest BCUT2D eigenvalue weighted by molar-refractivity contribution is 0.383. The quantitative estimate of drug-likeness (QED) is 0.772. The van der Waals surface area contributed by atoms with E-state index in [1.807, 2.05) is 0 Å². The fourth-order valence-corrected chi connectivity index (χ4v) is 3.95.